The Balaban J connectivity index is 2.32. The van der Waals surface area contributed by atoms with E-state index in [1.165, 1.54) is 24.7 Å². The normalized spacial score (nSPS) is 11.1. The second kappa shape index (κ2) is 4.32. The minimum Gasteiger partial charge on any atom is -0.465 e. The number of furan rings is 2. The molecule has 0 N–H and O–H groups in total. The van der Waals surface area contributed by atoms with Crippen molar-refractivity contribution < 1.29 is 13.6 Å². The molecule has 0 aromatic carbocycles. The van der Waals surface area contributed by atoms with Crippen LogP contribution >= 0.6 is 0 Å². The van der Waals surface area contributed by atoms with Gasteiger partial charge >= 0.3 is 0 Å². The first kappa shape index (κ1) is 9.99. The van der Waals surface area contributed by atoms with Crippen molar-refractivity contribution in [2.75, 3.05) is 0 Å². The number of hydrogen-bond donors (Lipinski definition) is 0. The van der Waals surface area contributed by atoms with Crippen LogP contribution in [0.4, 0.5) is 0 Å². The van der Waals surface area contributed by atoms with Crippen molar-refractivity contribution in [3.63, 3.8) is 0 Å². The Bertz CT molecular complexity index is 542. The zero-order valence-electron chi connectivity index (χ0n) is 8.21. The van der Waals surface area contributed by atoms with Crippen molar-refractivity contribution >= 4 is 11.9 Å². The molecule has 2 heterocycles. The van der Waals surface area contributed by atoms with E-state index in [2.05, 4.69) is 0 Å². The molecule has 0 saturated heterocycles. The van der Waals surface area contributed by atoms with Crippen molar-refractivity contribution in [2.45, 2.75) is 0 Å². The van der Waals surface area contributed by atoms with Gasteiger partial charge in [0.1, 0.15) is 17.4 Å². The summed E-state index contributed by atoms with van der Waals surface area (Å²) in [7, 11) is 0. The Morgan fingerprint density at radius 3 is 2.56 bits per heavy atom. The third-order valence-corrected chi connectivity index (χ3v) is 1.94. The van der Waals surface area contributed by atoms with E-state index in [4.69, 9.17) is 14.1 Å². The topological polar surface area (TPSA) is 67.1 Å². The molecule has 0 fully saturated rings. The summed E-state index contributed by atoms with van der Waals surface area (Å²) in [6.07, 6.45) is 4.23. The van der Waals surface area contributed by atoms with Gasteiger partial charge in [-0.1, -0.05) is 0 Å². The molecule has 4 heteroatoms. The fourth-order valence-electron chi connectivity index (χ4n) is 1.20. The molecule has 16 heavy (non-hydrogen) atoms. The molecule has 0 spiro atoms. The molecule has 78 valence electrons. The number of hydrogen-bond acceptors (Lipinski definition) is 4. The monoisotopic (exact) mass is 213 g/mol. The minimum atomic E-state index is -0.455. The van der Waals surface area contributed by atoms with Gasteiger partial charge in [-0.15, -0.1) is 0 Å². The Morgan fingerprint density at radius 2 is 2.00 bits per heavy atom. The Hall–Kier alpha value is -2.54. The number of carbonyl (C=O) groups excluding carboxylic acids is 1. The summed E-state index contributed by atoms with van der Waals surface area (Å²) in [5.41, 5.74) is -0.0232. The zero-order chi connectivity index (χ0) is 11.4. The van der Waals surface area contributed by atoms with Crippen LogP contribution < -0.4 is 0 Å². The third-order valence-electron chi connectivity index (χ3n) is 1.94. The van der Waals surface area contributed by atoms with Crippen LogP contribution in [0.25, 0.3) is 6.08 Å². The molecule has 4 nitrogen and oxygen atoms in total. The molecule has 0 aliphatic rings. The molecule has 0 bridgehead atoms. The first-order valence-corrected chi connectivity index (χ1v) is 4.55. The summed E-state index contributed by atoms with van der Waals surface area (Å²) in [6.45, 7) is 0. The van der Waals surface area contributed by atoms with Gasteiger partial charge in [-0.05, 0) is 24.3 Å². The number of allylic oxidation sites excluding steroid dienone is 1. The lowest BCUT2D eigenvalue weighted by atomic mass is 10.1. The molecular weight excluding hydrogens is 206 g/mol. The second-order valence-corrected chi connectivity index (χ2v) is 2.99. The van der Waals surface area contributed by atoms with Crippen molar-refractivity contribution in [1.82, 2.24) is 0 Å². The van der Waals surface area contributed by atoms with Crippen LogP contribution in [0.15, 0.2) is 51.2 Å². The van der Waals surface area contributed by atoms with Crippen LogP contribution in [0.1, 0.15) is 16.3 Å². The van der Waals surface area contributed by atoms with Crippen molar-refractivity contribution in [1.29, 1.82) is 5.26 Å². The largest absolute Gasteiger partial charge is 0.465 e. The highest BCUT2D eigenvalue weighted by molar-refractivity contribution is 6.12. The molecule has 0 unspecified atom stereocenters. The van der Waals surface area contributed by atoms with Crippen LogP contribution in [0, 0.1) is 11.3 Å². The summed E-state index contributed by atoms with van der Waals surface area (Å²) < 4.78 is 9.95. The van der Waals surface area contributed by atoms with E-state index in [1.54, 1.807) is 18.2 Å². The standard InChI is InChI=1S/C12H7NO3/c13-8-9(7-10-3-1-5-15-10)12(14)11-4-2-6-16-11/h1-7H/b9-7-. The van der Waals surface area contributed by atoms with Crippen LogP contribution in [-0.4, -0.2) is 5.78 Å². The maximum absolute atomic E-state index is 11.7. The summed E-state index contributed by atoms with van der Waals surface area (Å²) in [5.74, 6) is 0.139. The number of rotatable bonds is 3. The molecular formula is C12H7NO3. The van der Waals surface area contributed by atoms with Crippen molar-refractivity contribution in [2.24, 2.45) is 0 Å². The average Bonchev–Trinajstić information content (AvgIpc) is 2.97. The maximum atomic E-state index is 11.7. The molecule has 0 radical (unpaired) electrons. The Morgan fingerprint density at radius 1 is 1.25 bits per heavy atom. The second-order valence-electron chi connectivity index (χ2n) is 2.99. The summed E-state index contributed by atoms with van der Waals surface area (Å²) >= 11 is 0. The van der Waals surface area contributed by atoms with Crippen LogP contribution in [-0.2, 0) is 0 Å². The lowest BCUT2D eigenvalue weighted by Crippen LogP contribution is -1.99. The van der Waals surface area contributed by atoms with E-state index in [-0.39, 0.29) is 11.3 Å². The van der Waals surface area contributed by atoms with Crippen LogP contribution in [0.2, 0.25) is 0 Å². The first-order chi connectivity index (χ1) is 7.81. The zero-order valence-corrected chi connectivity index (χ0v) is 8.21. The van der Waals surface area contributed by atoms with Crippen LogP contribution in [0.5, 0.6) is 0 Å². The van der Waals surface area contributed by atoms with Gasteiger partial charge in [-0.3, -0.25) is 4.79 Å². The SMILES string of the molecule is N#C/C(=C/c1ccco1)C(=O)c1ccco1. The predicted molar refractivity (Wildman–Crippen MR) is 55.3 cm³/mol. The number of nitrogens with zero attached hydrogens (tertiary/aromatic N) is 1. The van der Waals surface area contributed by atoms with E-state index in [0.29, 0.717) is 5.76 Å². The molecule has 2 rings (SSSR count). The Labute approximate surface area is 91.4 Å². The van der Waals surface area contributed by atoms with E-state index in [0.717, 1.165) is 0 Å². The average molecular weight is 213 g/mol. The summed E-state index contributed by atoms with van der Waals surface area (Å²) in [6, 6.07) is 8.26. The molecule has 0 atom stereocenters. The fourth-order valence-corrected chi connectivity index (χ4v) is 1.20. The number of Topliss-reactive ketones (excluding diaryl/α,β-unsaturated/α-hetero) is 1. The summed E-state index contributed by atoms with van der Waals surface area (Å²) in [4.78, 5) is 11.7. The van der Waals surface area contributed by atoms with Crippen molar-refractivity contribution in [3.05, 3.63) is 53.9 Å². The maximum Gasteiger partial charge on any atom is 0.238 e. The van der Waals surface area contributed by atoms with Gasteiger partial charge in [0.25, 0.3) is 0 Å². The van der Waals surface area contributed by atoms with Gasteiger partial charge < -0.3 is 8.83 Å². The van der Waals surface area contributed by atoms with Gasteiger partial charge in [-0.2, -0.15) is 5.26 Å². The molecule has 0 aliphatic carbocycles. The molecule has 0 saturated carbocycles. The highest BCUT2D eigenvalue weighted by atomic mass is 16.3. The van der Waals surface area contributed by atoms with Gasteiger partial charge in [0.2, 0.25) is 5.78 Å². The van der Waals surface area contributed by atoms with Gasteiger partial charge in [0, 0.05) is 6.08 Å². The fraction of sp³-hybridized carbons (Fsp3) is 0. The number of ketones is 1. The highest BCUT2D eigenvalue weighted by Gasteiger charge is 2.14. The third kappa shape index (κ3) is 1.93. The highest BCUT2D eigenvalue weighted by Crippen LogP contribution is 2.13. The minimum absolute atomic E-state index is 0.0232. The van der Waals surface area contributed by atoms with Crippen LogP contribution in [0.3, 0.4) is 0 Å². The Kier molecular flexibility index (Phi) is 2.70. The van der Waals surface area contributed by atoms with Gasteiger partial charge in [-0.25, -0.2) is 0 Å². The van der Waals surface area contributed by atoms with Crippen molar-refractivity contribution in [3.8, 4) is 6.07 Å². The number of nitriles is 1. The van der Waals surface area contributed by atoms with E-state index >= 15 is 0 Å². The smallest absolute Gasteiger partial charge is 0.238 e. The molecule has 0 amide bonds. The molecule has 2 aromatic heterocycles. The first-order valence-electron chi connectivity index (χ1n) is 4.55. The summed E-state index contributed by atoms with van der Waals surface area (Å²) in [5, 5.41) is 8.87. The van der Waals surface area contributed by atoms with E-state index in [9.17, 15) is 4.79 Å². The number of carbonyl (C=O) groups is 1. The lowest BCUT2D eigenvalue weighted by Gasteiger charge is -1.93. The molecule has 0 aliphatic heterocycles. The predicted octanol–water partition coefficient (Wildman–Crippen LogP) is 2.66. The quantitative estimate of drug-likeness (QED) is 0.446. The van der Waals surface area contributed by atoms with E-state index < -0.39 is 5.78 Å². The van der Waals surface area contributed by atoms with E-state index in [1.807, 2.05) is 6.07 Å². The molecule has 2 aromatic rings. The van der Waals surface area contributed by atoms with Gasteiger partial charge in [0.15, 0.2) is 5.76 Å². The van der Waals surface area contributed by atoms with Gasteiger partial charge in [0.05, 0.1) is 12.5 Å². The lowest BCUT2D eigenvalue weighted by molar-refractivity contribution is 0.101.